The summed E-state index contributed by atoms with van der Waals surface area (Å²) in [5.74, 6) is 0.768. The first-order chi connectivity index (χ1) is 19.2. The van der Waals surface area contributed by atoms with Crippen molar-refractivity contribution in [2.24, 2.45) is 5.92 Å². The third kappa shape index (κ3) is 6.07. The van der Waals surface area contributed by atoms with Crippen molar-refractivity contribution in [2.45, 2.75) is 45.7 Å². The standard InChI is InChI=1S/C36H29.C2H6Si.2ClH.Zr/c1-3-23(2)33-22-35-30(28-16-8-13-24-11-4-6-14-26(24)28)18-10-20-32(35)36(33)31-19-9-17-29-27-15-7-5-12-25(27)21-34(29)31;1-3-2;;;/h4-18,20,22-23,36H,3,21H2,1-2H3;1-2H3;2*1H;/q-1;;;;+3/p-2. The molecule has 2 atom stereocenters. The van der Waals surface area contributed by atoms with Gasteiger partial charge in [0.05, 0.1) is 0 Å². The molecule has 0 amide bonds. The molecular weight excluding hydrogens is 647 g/mol. The Kier molecular flexibility index (Phi) is 12.2. The van der Waals surface area contributed by atoms with E-state index in [1.54, 1.807) is 0 Å². The van der Waals surface area contributed by atoms with Gasteiger partial charge < -0.3 is 24.8 Å². The van der Waals surface area contributed by atoms with E-state index in [4.69, 9.17) is 0 Å². The minimum absolute atomic E-state index is 0. The summed E-state index contributed by atoms with van der Waals surface area (Å²) in [6, 6.07) is 39.4. The molecule has 3 radical (unpaired) electrons. The Morgan fingerprint density at radius 1 is 0.786 bits per heavy atom. The van der Waals surface area contributed by atoms with Crippen LogP contribution in [-0.2, 0) is 32.6 Å². The predicted octanol–water partition coefficient (Wildman–Crippen LogP) is 4.25. The molecule has 0 saturated heterocycles. The molecule has 0 fully saturated rings. The average molecular weight is 682 g/mol. The first-order valence-electron chi connectivity index (χ1n) is 14.2. The smallest absolute Gasteiger partial charge is 1.00 e. The van der Waals surface area contributed by atoms with Crippen molar-refractivity contribution < 1.29 is 51.0 Å². The van der Waals surface area contributed by atoms with Crippen molar-refractivity contribution in [1.82, 2.24) is 0 Å². The first-order valence-corrected chi connectivity index (χ1v) is 16.2. The van der Waals surface area contributed by atoms with Gasteiger partial charge in [0, 0.05) is 15.4 Å². The third-order valence-corrected chi connectivity index (χ3v) is 8.46. The van der Waals surface area contributed by atoms with E-state index in [1.807, 2.05) is 0 Å². The summed E-state index contributed by atoms with van der Waals surface area (Å²) in [6.07, 6.45) is 4.65. The van der Waals surface area contributed by atoms with E-state index in [9.17, 15) is 0 Å². The molecular formula is C38H35Cl2SiZr. The fourth-order valence-electron chi connectivity index (χ4n) is 6.48. The number of rotatable bonds is 4. The van der Waals surface area contributed by atoms with E-state index >= 15 is 0 Å². The summed E-state index contributed by atoms with van der Waals surface area (Å²) in [7, 11) is 1.08. The maximum absolute atomic E-state index is 3.74. The van der Waals surface area contributed by atoms with Crippen LogP contribution < -0.4 is 24.8 Å². The van der Waals surface area contributed by atoms with Gasteiger partial charge in [-0.05, 0) is 62.9 Å². The van der Waals surface area contributed by atoms with Gasteiger partial charge in [-0.15, -0.1) is 16.7 Å². The Bertz CT molecular complexity index is 1700. The van der Waals surface area contributed by atoms with Gasteiger partial charge in [-0.3, -0.25) is 0 Å². The molecule has 0 bridgehead atoms. The molecule has 2 aliphatic rings. The molecule has 2 aliphatic carbocycles. The average Bonchev–Trinajstić information content (AvgIpc) is 3.56. The van der Waals surface area contributed by atoms with Crippen LogP contribution in [0.5, 0.6) is 0 Å². The summed E-state index contributed by atoms with van der Waals surface area (Å²) in [4.78, 5) is 0. The largest absolute Gasteiger partial charge is 3.00 e. The fourth-order valence-corrected chi connectivity index (χ4v) is 6.48. The van der Waals surface area contributed by atoms with Crippen LogP contribution in [0.2, 0.25) is 13.1 Å². The molecule has 2 unspecified atom stereocenters. The number of fused-ring (bicyclic) bond motifs is 5. The van der Waals surface area contributed by atoms with Gasteiger partial charge in [-0.2, -0.15) is 18.2 Å². The molecule has 0 aliphatic heterocycles. The van der Waals surface area contributed by atoms with Crippen molar-refractivity contribution in [3.05, 3.63) is 137 Å². The third-order valence-electron chi connectivity index (χ3n) is 8.46. The first kappa shape index (κ1) is 34.3. The van der Waals surface area contributed by atoms with Crippen molar-refractivity contribution in [1.29, 1.82) is 0 Å². The molecule has 42 heavy (non-hydrogen) atoms. The molecule has 209 valence electrons. The molecule has 0 aromatic heterocycles. The van der Waals surface area contributed by atoms with Gasteiger partial charge in [-0.25, -0.2) is 0 Å². The van der Waals surface area contributed by atoms with Crippen molar-refractivity contribution in [3.8, 4) is 22.3 Å². The van der Waals surface area contributed by atoms with Crippen LogP contribution in [0.3, 0.4) is 0 Å². The topological polar surface area (TPSA) is 0 Å². The second-order valence-corrected chi connectivity index (χ2v) is 11.8. The minimum Gasteiger partial charge on any atom is -1.00 e. The Hall–Kier alpha value is -2.22. The molecule has 7 rings (SSSR count). The van der Waals surface area contributed by atoms with Gasteiger partial charge in [0.15, 0.2) is 0 Å². The quantitative estimate of drug-likeness (QED) is 0.193. The van der Waals surface area contributed by atoms with E-state index in [0.29, 0.717) is 5.92 Å². The van der Waals surface area contributed by atoms with Crippen molar-refractivity contribution in [3.63, 3.8) is 0 Å². The molecule has 0 nitrogen and oxygen atoms in total. The zero-order valence-corrected chi connectivity index (χ0v) is 29.6. The normalized spacial score (nSPS) is 14.5. The maximum Gasteiger partial charge on any atom is 3.00 e. The summed E-state index contributed by atoms with van der Waals surface area (Å²) in [5, 5.41) is 2.61. The molecule has 0 spiro atoms. The van der Waals surface area contributed by atoms with Gasteiger partial charge in [-0.1, -0.05) is 124 Å². The van der Waals surface area contributed by atoms with E-state index in [2.05, 4.69) is 136 Å². The molecule has 0 heterocycles. The Balaban J connectivity index is 0.000000776. The van der Waals surface area contributed by atoms with E-state index in [1.165, 1.54) is 66.4 Å². The van der Waals surface area contributed by atoms with Gasteiger partial charge in [0.25, 0.3) is 0 Å². The van der Waals surface area contributed by atoms with E-state index in [-0.39, 0.29) is 56.9 Å². The number of hydrogen-bond donors (Lipinski definition) is 0. The van der Waals surface area contributed by atoms with Gasteiger partial charge >= 0.3 is 26.2 Å². The number of hydrogen-bond acceptors (Lipinski definition) is 0. The Morgan fingerprint density at radius 3 is 2.21 bits per heavy atom. The van der Waals surface area contributed by atoms with Crippen LogP contribution in [0.15, 0.2) is 103 Å². The molecule has 4 heteroatoms. The second-order valence-electron chi connectivity index (χ2n) is 10.8. The Labute approximate surface area is 285 Å². The second kappa shape index (κ2) is 15.0. The predicted molar refractivity (Wildman–Crippen MR) is 170 cm³/mol. The summed E-state index contributed by atoms with van der Waals surface area (Å²) in [6.45, 7) is 9.01. The summed E-state index contributed by atoms with van der Waals surface area (Å²) in [5.41, 5.74) is 14.0. The number of halogens is 2. The van der Waals surface area contributed by atoms with Crippen LogP contribution in [0.25, 0.3) is 39.1 Å². The van der Waals surface area contributed by atoms with Crippen LogP contribution >= 0.6 is 0 Å². The number of allylic oxidation sites excluding steroid dienone is 1. The summed E-state index contributed by atoms with van der Waals surface area (Å²) < 4.78 is 0. The minimum atomic E-state index is 0. The van der Waals surface area contributed by atoms with Gasteiger partial charge in [0.2, 0.25) is 0 Å². The molecule has 5 aromatic carbocycles. The van der Waals surface area contributed by atoms with Gasteiger partial charge in [0.1, 0.15) is 0 Å². The van der Waals surface area contributed by atoms with Crippen molar-refractivity contribution >= 4 is 26.4 Å². The SMILES string of the molecule is CCC(C)C1=Cc2c(-c3cccc4ccccc34)cccc2C1c1[c-]ccc2c1Cc1ccccc1-2.C[Si]C.[Cl-].[Cl-].[Zr+3]. The molecule has 0 saturated carbocycles. The fraction of sp³-hybridized carbons (Fsp3) is 0.211. The van der Waals surface area contributed by atoms with Crippen molar-refractivity contribution in [2.75, 3.05) is 0 Å². The van der Waals surface area contributed by atoms with E-state index < -0.39 is 0 Å². The van der Waals surface area contributed by atoms with E-state index in [0.717, 1.165) is 22.4 Å². The zero-order chi connectivity index (χ0) is 26.9. The zero-order valence-electron chi connectivity index (χ0n) is 24.6. The molecule has 5 aromatic rings. The van der Waals surface area contributed by atoms with Crippen LogP contribution in [-0.4, -0.2) is 9.52 Å². The Morgan fingerprint density at radius 2 is 1.43 bits per heavy atom. The molecule has 0 N–H and O–H groups in total. The monoisotopic (exact) mass is 679 g/mol. The maximum atomic E-state index is 3.74. The van der Waals surface area contributed by atoms with Crippen LogP contribution in [0.4, 0.5) is 0 Å². The van der Waals surface area contributed by atoms with Crippen LogP contribution in [0.1, 0.15) is 54.0 Å². The number of benzene rings is 5. The summed E-state index contributed by atoms with van der Waals surface area (Å²) >= 11 is 0. The van der Waals surface area contributed by atoms with Crippen LogP contribution in [0, 0.1) is 12.0 Å².